The van der Waals surface area contributed by atoms with E-state index in [0.717, 1.165) is 0 Å². The van der Waals surface area contributed by atoms with Crippen molar-refractivity contribution in [3.8, 4) is 44.5 Å². The first-order chi connectivity index (χ1) is 35.5. The average molecular weight is 704 g/mol. The molecule has 0 N–H and O–H groups in total. The Balaban J connectivity index is 1.27. The van der Waals surface area contributed by atoms with Gasteiger partial charge in [-0.15, -0.1) is 0 Å². The molecule has 0 aliphatic heterocycles. The molecule has 0 aliphatic carbocycles. The zero-order valence-corrected chi connectivity index (χ0v) is 28.0. The monoisotopic (exact) mass is 703 g/mol. The number of rotatable bonds is 4. The van der Waals surface area contributed by atoms with Crippen molar-refractivity contribution in [1.82, 2.24) is 0 Å². The van der Waals surface area contributed by atoms with Gasteiger partial charge >= 0.3 is 0 Å². The minimum absolute atomic E-state index is 0.0270. The third-order valence-corrected chi connectivity index (χ3v) is 9.98. The number of benzene rings is 11. The van der Waals surface area contributed by atoms with E-state index in [0.29, 0.717) is 32.7 Å². The van der Waals surface area contributed by atoms with Gasteiger partial charge in [0.25, 0.3) is 0 Å². The summed E-state index contributed by atoms with van der Waals surface area (Å²) < 4.78 is 188. The molecule has 0 saturated carbocycles. The van der Waals surface area contributed by atoms with Gasteiger partial charge in [-0.3, -0.25) is 0 Å². The molecule has 0 aliphatic rings. The lowest BCUT2D eigenvalue weighted by Gasteiger charge is -2.19. The molecule has 11 rings (SSSR count). The maximum atomic E-state index is 9.38. The number of hydrogen-bond acceptors (Lipinski definition) is 0. The second-order valence-electron chi connectivity index (χ2n) is 12.8. The van der Waals surface area contributed by atoms with E-state index in [1.807, 2.05) is 0 Å². The SMILES string of the molecule is [2H]c1c([2H])c([2H])c(-c2c3c([2H])c([2H])c([2H])c([2H])c3c(-c3ccc4c(ccc5ccc(-c6c7c([2H])c([2H])c([2H])c([2H])c7c(-c7ccccc7)c7c([2H])c([2H])c([2H])c([2H])c67)cc54)c3)c3c([2H])c([2H])c([2H])c([2H])c23)c([2H])c1[2H]. The topological polar surface area (TPSA) is 0 Å². The molecule has 0 unspecified atom stereocenters. The predicted octanol–water partition coefficient (Wildman–Crippen LogP) is 15.3. The first-order valence-corrected chi connectivity index (χ1v) is 17.0. The normalized spacial score (nSPS) is 17.1. The maximum Gasteiger partial charge on any atom is 0.0629 e. The quantitative estimate of drug-likeness (QED) is 0.126. The van der Waals surface area contributed by atoms with Crippen molar-refractivity contribution in [3.05, 3.63) is 206 Å². The fraction of sp³-hybridized carbons (Fsp3) is 0. The lowest BCUT2D eigenvalue weighted by Crippen LogP contribution is -1.91. The van der Waals surface area contributed by atoms with E-state index in [9.17, 15) is 11.0 Å². The Labute approximate surface area is 343 Å². The molecule has 11 aromatic carbocycles. The van der Waals surface area contributed by atoms with Crippen LogP contribution in [0.2, 0.25) is 0 Å². The van der Waals surface area contributed by atoms with E-state index in [2.05, 4.69) is 0 Å². The fourth-order valence-electron chi connectivity index (χ4n) is 7.72. The molecule has 0 heterocycles. The van der Waals surface area contributed by atoms with Gasteiger partial charge in [-0.1, -0.05) is 194 Å². The van der Waals surface area contributed by atoms with Crippen molar-refractivity contribution in [2.75, 3.05) is 0 Å². The molecule has 0 bridgehead atoms. The lowest BCUT2D eigenvalue weighted by atomic mass is 9.84. The summed E-state index contributed by atoms with van der Waals surface area (Å²) in [6, 6.07) is 9.17. The van der Waals surface area contributed by atoms with Crippen LogP contribution in [0.15, 0.2) is 206 Å². The van der Waals surface area contributed by atoms with Gasteiger partial charge in [0.2, 0.25) is 0 Å². The fourth-order valence-corrected chi connectivity index (χ4v) is 7.72. The highest BCUT2D eigenvalue weighted by atomic mass is 14.2. The Morgan fingerprint density at radius 1 is 0.241 bits per heavy atom. The van der Waals surface area contributed by atoms with Crippen LogP contribution in [0.5, 0.6) is 0 Å². The lowest BCUT2D eigenvalue weighted by molar-refractivity contribution is 1.66. The van der Waals surface area contributed by atoms with E-state index in [4.69, 9.17) is 17.8 Å². The number of fused-ring (bicyclic) bond motifs is 7. The van der Waals surface area contributed by atoms with Gasteiger partial charge in [-0.25, -0.2) is 0 Å². The standard InChI is InChI=1S/C54H34/c1-3-15-36(16-4-1)51-42-19-7-11-23-46(42)53(47-24-12-8-20-43(47)51)39-31-32-41-38(33-39)29-27-35-28-30-40(34-50(35)41)54-48-25-13-9-21-44(48)52(37-17-5-2-6-18-37)45-22-10-14-26-49(45)54/h1-34H/i1D,3D,4D,7D,8D,9D,10D,11D,12D,13D,14D,15D,16D,19D,20D,21D,22D,23D,24D,25D,26D. The van der Waals surface area contributed by atoms with Crippen molar-refractivity contribution in [3.63, 3.8) is 0 Å². The largest absolute Gasteiger partial charge is 0.0629 e. The van der Waals surface area contributed by atoms with E-state index in [1.165, 1.54) is 0 Å². The second-order valence-corrected chi connectivity index (χ2v) is 12.8. The van der Waals surface area contributed by atoms with Gasteiger partial charge in [-0.2, -0.15) is 0 Å². The molecule has 250 valence electrons. The molecule has 0 aromatic heterocycles. The van der Waals surface area contributed by atoms with Crippen molar-refractivity contribution in [2.45, 2.75) is 0 Å². The highest BCUT2D eigenvalue weighted by molar-refractivity contribution is 6.24. The van der Waals surface area contributed by atoms with Crippen molar-refractivity contribution < 1.29 is 28.8 Å². The van der Waals surface area contributed by atoms with Gasteiger partial charge in [0, 0.05) is 0 Å². The van der Waals surface area contributed by atoms with Crippen LogP contribution in [0.25, 0.3) is 109 Å². The van der Waals surface area contributed by atoms with Crippen LogP contribution in [0.1, 0.15) is 28.8 Å². The molecule has 0 heteroatoms. The van der Waals surface area contributed by atoms with Gasteiger partial charge < -0.3 is 0 Å². The van der Waals surface area contributed by atoms with E-state index in [1.54, 1.807) is 78.9 Å². The van der Waals surface area contributed by atoms with Gasteiger partial charge in [0.15, 0.2) is 0 Å². The van der Waals surface area contributed by atoms with Crippen LogP contribution >= 0.6 is 0 Å². The molecular formula is C54H34. The van der Waals surface area contributed by atoms with E-state index < -0.39 is 138 Å². The minimum atomic E-state index is -0.776. The third kappa shape index (κ3) is 4.71. The minimum Gasteiger partial charge on any atom is -0.0622 e. The Hall–Kier alpha value is -7.02. The van der Waals surface area contributed by atoms with Crippen LogP contribution in [0.4, 0.5) is 0 Å². The Bertz CT molecular complexity index is 4280. The van der Waals surface area contributed by atoms with Crippen LogP contribution in [-0.4, -0.2) is 0 Å². The molecule has 0 saturated heterocycles. The summed E-state index contributed by atoms with van der Waals surface area (Å²) >= 11 is 0. The van der Waals surface area contributed by atoms with Crippen LogP contribution in [0, 0.1) is 0 Å². The summed E-state index contributed by atoms with van der Waals surface area (Å²) in [4.78, 5) is 0. The Kier molecular flexibility index (Phi) is 3.72. The second kappa shape index (κ2) is 12.3. The zero-order valence-electron chi connectivity index (χ0n) is 49.0. The van der Waals surface area contributed by atoms with Crippen molar-refractivity contribution >= 4 is 64.6 Å². The molecule has 0 spiro atoms. The summed E-state index contributed by atoms with van der Waals surface area (Å²) in [5.74, 6) is 0. The van der Waals surface area contributed by atoms with Gasteiger partial charge in [0.1, 0.15) is 0 Å². The summed E-state index contributed by atoms with van der Waals surface area (Å²) in [5, 5.41) is 1.32. The first-order valence-electron chi connectivity index (χ1n) is 27.5. The van der Waals surface area contributed by atoms with E-state index >= 15 is 0 Å². The summed E-state index contributed by atoms with van der Waals surface area (Å²) in [6.45, 7) is 0. The molecule has 0 amide bonds. The molecule has 11 aromatic rings. The molecule has 0 fully saturated rings. The van der Waals surface area contributed by atoms with E-state index in [-0.39, 0.29) is 65.3 Å². The highest BCUT2D eigenvalue weighted by Crippen LogP contribution is 2.46. The Morgan fingerprint density at radius 2 is 0.630 bits per heavy atom. The summed E-state index contributed by atoms with van der Waals surface area (Å²) in [5.41, 5.74) is 0.390. The number of hydrogen-bond donors (Lipinski definition) is 0. The third-order valence-electron chi connectivity index (χ3n) is 9.98. The van der Waals surface area contributed by atoms with Gasteiger partial charge in [0.05, 0.1) is 28.8 Å². The summed E-state index contributed by atoms with van der Waals surface area (Å²) in [6.07, 6.45) is 0. The smallest absolute Gasteiger partial charge is 0.0622 e. The van der Waals surface area contributed by atoms with Crippen LogP contribution in [-0.2, 0) is 0 Å². The van der Waals surface area contributed by atoms with Crippen molar-refractivity contribution in [2.24, 2.45) is 0 Å². The Morgan fingerprint density at radius 3 is 1.15 bits per heavy atom. The van der Waals surface area contributed by atoms with Gasteiger partial charge in [-0.05, 0) is 121 Å². The molecule has 54 heavy (non-hydrogen) atoms. The maximum absolute atomic E-state index is 9.38. The molecule has 0 nitrogen and oxygen atoms in total. The van der Waals surface area contributed by atoms with Crippen LogP contribution in [0.3, 0.4) is 0 Å². The molecular weight excluding hydrogens is 649 g/mol. The molecule has 0 atom stereocenters. The highest BCUT2D eigenvalue weighted by Gasteiger charge is 2.19. The zero-order chi connectivity index (χ0) is 53.9. The predicted molar refractivity (Wildman–Crippen MR) is 233 cm³/mol. The molecule has 0 radical (unpaired) electrons. The summed E-state index contributed by atoms with van der Waals surface area (Å²) in [7, 11) is 0. The van der Waals surface area contributed by atoms with Crippen LogP contribution < -0.4 is 0 Å². The van der Waals surface area contributed by atoms with Crippen molar-refractivity contribution in [1.29, 1.82) is 0 Å². The first kappa shape index (κ1) is 16.3. The average Bonchev–Trinajstić information content (AvgIpc) is 3.44.